The van der Waals surface area contributed by atoms with E-state index in [4.69, 9.17) is 0 Å². The second kappa shape index (κ2) is 9.46. The van der Waals surface area contributed by atoms with Crippen LogP contribution in [0.2, 0.25) is 0 Å². The summed E-state index contributed by atoms with van der Waals surface area (Å²) in [6.07, 6.45) is 6.49. The number of piperazine rings is 1. The van der Waals surface area contributed by atoms with Gasteiger partial charge in [0.25, 0.3) is 5.91 Å². The third-order valence-corrected chi connectivity index (χ3v) is 8.27. The van der Waals surface area contributed by atoms with E-state index in [1.54, 1.807) is 34.8 Å². The van der Waals surface area contributed by atoms with Crippen molar-refractivity contribution in [1.29, 1.82) is 0 Å². The van der Waals surface area contributed by atoms with Crippen LogP contribution in [-0.2, 0) is 16.6 Å². The number of hydrogen-bond acceptors (Lipinski definition) is 5. The highest BCUT2D eigenvalue weighted by Gasteiger charge is 2.31. The number of hydrogen-bond donors (Lipinski definition) is 0. The Morgan fingerprint density at radius 3 is 2.42 bits per heavy atom. The maximum Gasteiger partial charge on any atom is 0.253 e. The molecule has 8 heteroatoms. The van der Waals surface area contributed by atoms with Gasteiger partial charge in [-0.05, 0) is 55.7 Å². The highest BCUT2D eigenvalue weighted by atomic mass is 32.2. The first kappa shape index (κ1) is 21.9. The van der Waals surface area contributed by atoms with Crippen molar-refractivity contribution in [3.8, 4) is 0 Å². The zero-order valence-electron chi connectivity index (χ0n) is 18.0. The van der Waals surface area contributed by atoms with Crippen LogP contribution in [0.1, 0.15) is 42.1 Å². The van der Waals surface area contributed by atoms with E-state index in [1.807, 2.05) is 24.1 Å². The number of rotatable bonds is 5. The third-order valence-electron chi connectivity index (χ3n) is 6.24. The molecular formula is C23H30N4O3S. The van der Waals surface area contributed by atoms with Gasteiger partial charge in [-0.25, -0.2) is 8.42 Å². The molecule has 4 rings (SSSR count). The van der Waals surface area contributed by atoms with Gasteiger partial charge in [0, 0.05) is 63.3 Å². The molecule has 0 saturated carbocycles. The second-order valence-corrected chi connectivity index (χ2v) is 10.3. The van der Waals surface area contributed by atoms with Crippen LogP contribution >= 0.6 is 0 Å². The molecule has 0 bridgehead atoms. The fourth-order valence-corrected chi connectivity index (χ4v) is 6.07. The molecule has 1 atom stereocenters. The maximum absolute atomic E-state index is 13.0. The molecule has 2 saturated heterocycles. The van der Waals surface area contributed by atoms with Crippen molar-refractivity contribution in [3.05, 3.63) is 59.9 Å². The van der Waals surface area contributed by atoms with Crippen molar-refractivity contribution in [2.24, 2.45) is 0 Å². The number of sulfonamides is 1. The summed E-state index contributed by atoms with van der Waals surface area (Å²) in [5.41, 5.74) is 1.70. The number of carbonyl (C=O) groups excluding carboxylic acids is 1. The minimum Gasteiger partial charge on any atom is -0.336 e. The number of benzene rings is 1. The van der Waals surface area contributed by atoms with Crippen molar-refractivity contribution in [2.45, 2.75) is 43.7 Å². The Labute approximate surface area is 184 Å². The van der Waals surface area contributed by atoms with Gasteiger partial charge in [-0.3, -0.25) is 14.7 Å². The maximum atomic E-state index is 13.0. The van der Waals surface area contributed by atoms with Crippen LogP contribution in [0.25, 0.3) is 0 Å². The lowest BCUT2D eigenvalue weighted by Gasteiger charge is -2.35. The average molecular weight is 443 g/mol. The summed E-state index contributed by atoms with van der Waals surface area (Å²) in [5.74, 6) is -0.0451. The van der Waals surface area contributed by atoms with E-state index in [-0.39, 0.29) is 16.8 Å². The van der Waals surface area contributed by atoms with Gasteiger partial charge in [0.1, 0.15) is 0 Å². The molecule has 1 unspecified atom stereocenters. The van der Waals surface area contributed by atoms with Gasteiger partial charge in [0.05, 0.1) is 4.90 Å². The molecule has 0 aliphatic carbocycles. The molecule has 1 aromatic carbocycles. The molecule has 31 heavy (non-hydrogen) atoms. The standard InChI is InChI=1S/C23H30N4O3S/c1-19-5-2-3-12-27(19)31(29,30)22-9-7-21(8-10-22)23(28)26-15-13-25(14-16-26)18-20-6-4-11-24-17-20/h4,6-11,17,19H,2-3,5,12-16,18H2,1H3. The fraction of sp³-hybridized carbons (Fsp3) is 0.478. The first-order valence-corrected chi connectivity index (χ1v) is 12.4. The number of nitrogens with zero attached hydrogens (tertiary/aromatic N) is 4. The number of piperidine rings is 1. The van der Waals surface area contributed by atoms with Crippen LogP contribution < -0.4 is 0 Å². The molecule has 3 heterocycles. The van der Waals surface area contributed by atoms with Gasteiger partial charge >= 0.3 is 0 Å². The van der Waals surface area contributed by atoms with Crippen LogP contribution in [-0.4, -0.2) is 72.2 Å². The van der Waals surface area contributed by atoms with Crippen molar-refractivity contribution in [2.75, 3.05) is 32.7 Å². The monoisotopic (exact) mass is 442 g/mol. The Bertz CT molecular complexity index is 987. The summed E-state index contributed by atoms with van der Waals surface area (Å²) in [6.45, 7) is 6.28. The Morgan fingerprint density at radius 1 is 1.03 bits per heavy atom. The van der Waals surface area contributed by atoms with E-state index in [2.05, 4.69) is 16.0 Å². The summed E-state index contributed by atoms with van der Waals surface area (Å²) >= 11 is 0. The third kappa shape index (κ3) is 4.97. The SMILES string of the molecule is CC1CCCCN1S(=O)(=O)c1ccc(C(=O)N2CCN(Cc3cccnc3)CC2)cc1. The predicted molar refractivity (Wildman–Crippen MR) is 119 cm³/mol. The van der Waals surface area contributed by atoms with Gasteiger partial charge < -0.3 is 4.90 Å². The van der Waals surface area contributed by atoms with E-state index in [0.29, 0.717) is 25.2 Å². The largest absolute Gasteiger partial charge is 0.336 e. The molecule has 0 radical (unpaired) electrons. The Balaban J connectivity index is 1.36. The normalized spacial score (nSPS) is 21.2. The lowest BCUT2D eigenvalue weighted by Crippen LogP contribution is -2.48. The average Bonchev–Trinajstić information content (AvgIpc) is 2.80. The Kier molecular flexibility index (Phi) is 6.69. The predicted octanol–water partition coefficient (Wildman–Crippen LogP) is 2.60. The Morgan fingerprint density at radius 2 is 1.77 bits per heavy atom. The van der Waals surface area contributed by atoms with E-state index in [9.17, 15) is 13.2 Å². The van der Waals surface area contributed by atoms with Gasteiger partial charge in [0.15, 0.2) is 0 Å². The molecule has 1 aromatic heterocycles. The van der Waals surface area contributed by atoms with E-state index in [0.717, 1.165) is 38.9 Å². The highest BCUT2D eigenvalue weighted by molar-refractivity contribution is 7.89. The highest BCUT2D eigenvalue weighted by Crippen LogP contribution is 2.25. The van der Waals surface area contributed by atoms with Crippen molar-refractivity contribution < 1.29 is 13.2 Å². The molecular weight excluding hydrogens is 412 g/mol. The number of aromatic nitrogens is 1. The van der Waals surface area contributed by atoms with E-state index >= 15 is 0 Å². The quantitative estimate of drug-likeness (QED) is 0.712. The summed E-state index contributed by atoms with van der Waals surface area (Å²) in [5, 5.41) is 0. The first-order chi connectivity index (χ1) is 14.9. The minimum atomic E-state index is -3.52. The van der Waals surface area contributed by atoms with Crippen LogP contribution in [0.15, 0.2) is 53.7 Å². The Hall–Kier alpha value is -2.29. The van der Waals surface area contributed by atoms with Crippen molar-refractivity contribution in [1.82, 2.24) is 19.1 Å². The fourth-order valence-electron chi connectivity index (χ4n) is 4.38. The summed E-state index contributed by atoms with van der Waals surface area (Å²) < 4.78 is 27.6. The molecule has 166 valence electrons. The molecule has 0 spiro atoms. The summed E-state index contributed by atoms with van der Waals surface area (Å²) in [7, 11) is -3.52. The molecule has 2 aromatic rings. The van der Waals surface area contributed by atoms with Crippen LogP contribution in [0.4, 0.5) is 0 Å². The molecule has 7 nitrogen and oxygen atoms in total. The van der Waals surface area contributed by atoms with Gasteiger partial charge in [-0.1, -0.05) is 12.5 Å². The van der Waals surface area contributed by atoms with Crippen molar-refractivity contribution >= 4 is 15.9 Å². The van der Waals surface area contributed by atoms with Crippen LogP contribution in [0, 0.1) is 0 Å². The zero-order chi connectivity index (χ0) is 21.8. The van der Waals surface area contributed by atoms with Crippen LogP contribution in [0.3, 0.4) is 0 Å². The second-order valence-electron chi connectivity index (χ2n) is 8.41. The minimum absolute atomic E-state index is 0.0167. The van der Waals surface area contributed by atoms with Gasteiger partial charge in [0.2, 0.25) is 10.0 Å². The lowest BCUT2D eigenvalue weighted by atomic mass is 10.1. The summed E-state index contributed by atoms with van der Waals surface area (Å²) in [4.78, 5) is 21.5. The van der Waals surface area contributed by atoms with Gasteiger partial charge in [-0.15, -0.1) is 0 Å². The number of amides is 1. The van der Waals surface area contributed by atoms with Gasteiger partial charge in [-0.2, -0.15) is 4.31 Å². The summed E-state index contributed by atoms with van der Waals surface area (Å²) in [6, 6.07) is 10.4. The number of pyridine rings is 1. The molecule has 0 N–H and O–H groups in total. The smallest absolute Gasteiger partial charge is 0.253 e. The molecule has 1 amide bonds. The molecule has 2 aliphatic rings. The zero-order valence-corrected chi connectivity index (χ0v) is 18.8. The number of carbonyl (C=O) groups is 1. The van der Waals surface area contributed by atoms with Crippen molar-refractivity contribution in [3.63, 3.8) is 0 Å². The van der Waals surface area contributed by atoms with Crippen LogP contribution in [0.5, 0.6) is 0 Å². The molecule has 2 aliphatic heterocycles. The van der Waals surface area contributed by atoms with E-state index < -0.39 is 10.0 Å². The van der Waals surface area contributed by atoms with E-state index in [1.165, 1.54) is 5.56 Å². The molecule has 2 fully saturated rings. The topological polar surface area (TPSA) is 73.8 Å². The lowest BCUT2D eigenvalue weighted by molar-refractivity contribution is 0.0628. The first-order valence-electron chi connectivity index (χ1n) is 11.0.